The van der Waals surface area contributed by atoms with Crippen LogP contribution in [-0.2, 0) is 6.18 Å². The maximum absolute atomic E-state index is 13.8. The predicted molar refractivity (Wildman–Crippen MR) is 100 cm³/mol. The van der Waals surface area contributed by atoms with Gasteiger partial charge in [0.2, 0.25) is 0 Å². The number of aryl methyl sites for hydroxylation is 1. The molecule has 3 aromatic heterocycles. The molecule has 1 amide bonds. The fourth-order valence-electron chi connectivity index (χ4n) is 3.06. The molecule has 6 nitrogen and oxygen atoms in total. The fraction of sp³-hybridized carbons (Fsp3) is 0.100. The molecule has 4 rings (SSSR count). The molecule has 0 aliphatic carbocycles. The van der Waals surface area contributed by atoms with Gasteiger partial charge >= 0.3 is 6.18 Å². The average Bonchev–Trinajstić information content (AvgIpc) is 3.04. The van der Waals surface area contributed by atoms with Crippen molar-refractivity contribution in [3.8, 4) is 11.3 Å². The smallest absolute Gasteiger partial charge is 0.318 e. The molecule has 1 aromatic carbocycles. The molecule has 0 bridgehead atoms. The van der Waals surface area contributed by atoms with E-state index in [1.54, 1.807) is 6.92 Å². The third kappa shape index (κ3) is 3.47. The van der Waals surface area contributed by atoms with Crippen molar-refractivity contribution >= 4 is 17.2 Å². The Morgan fingerprint density at radius 1 is 1.10 bits per heavy atom. The second-order valence-electron chi connectivity index (χ2n) is 6.39. The number of aromatic nitrogens is 4. The van der Waals surface area contributed by atoms with Gasteiger partial charge in [-0.15, -0.1) is 0 Å². The number of hydrogen-bond acceptors (Lipinski definition) is 4. The molecule has 0 radical (unpaired) electrons. The second-order valence-corrected chi connectivity index (χ2v) is 6.39. The number of carbonyl (C=O) groups is 1. The summed E-state index contributed by atoms with van der Waals surface area (Å²) in [4.78, 5) is 20.6. The molecule has 0 atom stereocenters. The summed E-state index contributed by atoms with van der Waals surface area (Å²) in [5.41, 5.74) is -0.535. The summed E-state index contributed by atoms with van der Waals surface area (Å²) in [5, 5.41) is 6.62. The molecular formula is C20H13F4N5O. The normalized spacial score (nSPS) is 11.6. The van der Waals surface area contributed by atoms with Crippen molar-refractivity contribution in [3.05, 3.63) is 77.6 Å². The molecule has 30 heavy (non-hydrogen) atoms. The Morgan fingerprint density at radius 2 is 1.87 bits per heavy atom. The number of fused-ring (bicyclic) bond motifs is 1. The third-order valence-corrected chi connectivity index (χ3v) is 4.40. The summed E-state index contributed by atoms with van der Waals surface area (Å²) in [7, 11) is 0. The van der Waals surface area contributed by atoms with E-state index < -0.39 is 23.5 Å². The summed E-state index contributed by atoms with van der Waals surface area (Å²) < 4.78 is 55.1. The van der Waals surface area contributed by atoms with Crippen molar-refractivity contribution in [2.75, 3.05) is 5.32 Å². The number of rotatable bonds is 3. The predicted octanol–water partition coefficient (Wildman–Crippen LogP) is 4.51. The van der Waals surface area contributed by atoms with Crippen LogP contribution < -0.4 is 5.32 Å². The van der Waals surface area contributed by atoms with E-state index >= 15 is 0 Å². The second kappa shape index (κ2) is 7.21. The van der Waals surface area contributed by atoms with Gasteiger partial charge in [-0.25, -0.2) is 13.9 Å². The zero-order chi connectivity index (χ0) is 21.5. The highest BCUT2D eigenvalue weighted by Gasteiger charge is 2.34. The van der Waals surface area contributed by atoms with Crippen molar-refractivity contribution in [2.45, 2.75) is 13.1 Å². The third-order valence-electron chi connectivity index (χ3n) is 4.40. The number of halogens is 4. The van der Waals surface area contributed by atoms with Gasteiger partial charge in [-0.05, 0) is 31.2 Å². The van der Waals surface area contributed by atoms with Gasteiger partial charge in [0, 0.05) is 11.8 Å². The number of nitrogens with zero attached hydrogens (tertiary/aromatic N) is 4. The van der Waals surface area contributed by atoms with Crippen molar-refractivity contribution < 1.29 is 22.4 Å². The quantitative estimate of drug-likeness (QED) is 0.500. The number of benzene rings is 1. The number of amides is 1. The highest BCUT2D eigenvalue weighted by molar-refractivity contribution is 6.04. The largest absolute Gasteiger partial charge is 0.417 e. The van der Waals surface area contributed by atoms with Crippen LogP contribution in [0.3, 0.4) is 0 Å². The van der Waals surface area contributed by atoms with Crippen LogP contribution in [0.1, 0.15) is 21.7 Å². The SMILES string of the molecule is Cc1nc2ccc(-c3ccccc3C(F)(F)F)nn2c1C(=O)Nc1ccncc1F. The topological polar surface area (TPSA) is 72.2 Å². The number of nitrogens with one attached hydrogen (secondary N) is 1. The van der Waals surface area contributed by atoms with Gasteiger partial charge in [0.25, 0.3) is 5.91 Å². The number of anilines is 1. The Bertz CT molecular complexity index is 1270. The molecule has 0 aliphatic rings. The van der Waals surface area contributed by atoms with Crippen LogP contribution in [0.15, 0.2) is 54.9 Å². The molecule has 152 valence electrons. The van der Waals surface area contributed by atoms with Gasteiger partial charge in [0.15, 0.2) is 17.2 Å². The molecule has 0 fully saturated rings. The summed E-state index contributed by atoms with van der Waals surface area (Å²) in [6.45, 7) is 1.55. The summed E-state index contributed by atoms with van der Waals surface area (Å²) in [5.74, 6) is -1.44. The molecule has 0 unspecified atom stereocenters. The Morgan fingerprint density at radius 3 is 2.60 bits per heavy atom. The van der Waals surface area contributed by atoms with Gasteiger partial charge in [-0.3, -0.25) is 9.78 Å². The molecule has 1 N–H and O–H groups in total. The van der Waals surface area contributed by atoms with Crippen LogP contribution in [0, 0.1) is 12.7 Å². The fourth-order valence-corrected chi connectivity index (χ4v) is 3.06. The highest BCUT2D eigenvalue weighted by atomic mass is 19.4. The van der Waals surface area contributed by atoms with Gasteiger partial charge in [0.1, 0.15) is 0 Å². The standard InChI is InChI=1S/C20H13F4N5O/c1-11-18(19(30)27-16-8-9-25-10-14(16)21)29-17(26-11)7-6-15(28-29)12-4-2-3-5-13(12)20(22,23)24/h2-10H,1H3,(H,25,27,30). The molecule has 4 aromatic rings. The molecular weight excluding hydrogens is 402 g/mol. The van der Waals surface area contributed by atoms with E-state index in [2.05, 4.69) is 20.4 Å². The minimum absolute atomic E-state index is 0.0111. The first-order valence-corrected chi connectivity index (χ1v) is 8.69. The monoisotopic (exact) mass is 415 g/mol. The van der Waals surface area contributed by atoms with Crippen molar-refractivity contribution in [1.29, 1.82) is 0 Å². The number of carbonyl (C=O) groups excluding carboxylic acids is 1. The van der Waals surface area contributed by atoms with E-state index in [1.165, 1.54) is 42.6 Å². The minimum atomic E-state index is -4.57. The minimum Gasteiger partial charge on any atom is -0.318 e. The van der Waals surface area contributed by atoms with Crippen molar-refractivity contribution in [2.24, 2.45) is 0 Å². The van der Waals surface area contributed by atoms with Gasteiger partial charge in [0.05, 0.1) is 28.8 Å². The molecule has 0 spiro atoms. The Labute approximate surface area is 167 Å². The summed E-state index contributed by atoms with van der Waals surface area (Å²) in [6.07, 6.45) is -2.32. The highest BCUT2D eigenvalue weighted by Crippen LogP contribution is 2.36. The van der Waals surface area contributed by atoms with Crippen LogP contribution in [-0.4, -0.2) is 25.5 Å². The first-order valence-electron chi connectivity index (χ1n) is 8.69. The van der Waals surface area contributed by atoms with E-state index in [1.807, 2.05) is 0 Å². The lowest BCUT2D eigenvalue weighted by Crippen LogP contribution is -2.17. The lowest BCUT2D eigenvalue weighted by molar-refractivity contribution is -0.137. The lowest BCUT2D eigenvalue weighted by Gasteiger charge is -2.12. The van der Waals surface area contributed by atoms with Gasteiger partial charge < -0.3 is 5.32 Å². The molecule has 0 saturated heterocycles. The average molecular weight is 415 g/mol. The number of pyridine rings is 1. The number of alkyl halides is 3. The first-order chi connectivity index (χ1) is 14.3. The van der Waals surface area contributed by atoms with Crippen LogP contribution in [0.5, 0.6) is 0 Å². The summed E-state index contributed by atoms with van der Waals surface area (Å²) in [6, 6.07) is 9.16. The number of imidazole rings is 1. The molecule has 3 heterocycles. The Hall–Kier alpha value is -3.82. The zero-order valence-electron chi connectivity index (χ0n) is 15.4. The van der Waals surface area contributed by atoms with E-state index in [9.17, 15) is 22.4 Å². The Kier molecular flexibility index (Phi) is 4.69. The first kappa shape index (κ1) is 19.5. The Balaban J connectivity index is 1.82. The molecule has 0 saturated carbocycles. The number of hydrogen-bond donors (Lipinski definition) is 1. The van der Waals surface area contributed by atoms with E-state index in [-0.39, 0.29) is 34.0 Å². The van der Waals surface area contributed by atoms with Gasteiger partial charge in [-0.1, -0.05) is 18.2 Å². The van der Waals surface area contributed by atoms with Crippen LogP contribution in [0.4, 0.5) is 23.2 Å². The van der Waals surface area contributed by atoms with Crippen LogP contribution >= 0.6 is 0 Å². The van der Waals surface area contributed by atoms with Crippen molar-refractivity contribution in [3.63, 3.8) is 0 Å². The summed E-state index contributed by atoms with van der Waals surface area (Å²) >= 11 is 0. The maximum atomic E-state index is 13.8. The van der Waals surface area contributed by atoms with Crippen LogP contribution in [0.25, 0.3) is 16.9 Å². The van der Waals surface area contributed by atoms with Gasteiger partial charge in [-0.2, -0.15) is 18.3 Å². The van der Waals surface area contributed by atoms with E-state index in [0.29, 0.717) is 0 Å². The van der Waals surface area contributed by atoms with Crippen LogP contribution in [0.2, 0.25) is 0 Å². The lowest BCUT2D eigenvalue weighted by atomic mass is 10.0. The van der Waals surface area contributed by atoms with Crippen molar-refractivity contribution in [1.82, 2.24) is 19.6 Å². The van der Waals surface area contributed by atoms with E-state index in [0.717, 1.165) is 16.8 Å². The maximum Gasteiger partial charge on any atom is 0.417 e. The zero-order valence-corrected chi connectivity index (χ0v) is 15.4. The molecule has 10 heteroatoms. The van der Waals surface area contributed by atoms with E-state index in [4.69, 9.17) is 0 Å². The molecule has 0 aliphatic heterocycles.